The second kappa shape index (κ2) is 3.49. The van der Waals surface area contributed by atoms with Crippen molar-refractivity contribution in [1.29, 1.82) is 0 Å². The zero-order chi connectivity index (χ0) is 9.14. The summed E-state index contributed by atoms with van der Waals surface area (Å²) in [6.07, 6.45) is 1.19. The van der Waals surface area contributed by atoms with E-state index in [1.165, 1.54) is 12.3 Å². The number of rotatable bonds is 2. The SMILES string of the molecule is CN(C)c1ncc(F)cc1CN. The van der Waals surface area contributed by atoms with Gasteiger partial charge < -0.3 is 10.6 Å². The van der Waals surface area contributed by atoms with Gasteiger partial charge in [0.25, 0.3) is 0 Å². The Bertz CT molecular complexity index is 273. The number of halogens is 1. The van der Waals surface area contributed by atoms with Gasteiger partial charge in [0.05, 0.1) is 6.20 Å². The van der Waals surface area contributed by atoms with Crippen molar-refractivity contribution in [2.24, 2.45) is 5.73 Å². The molecule has 0 unspecified atom stereocenters. The van der Waals surface area contributed by atoms with Crippen molar-refractivity contribution in [2.75, 3.05) is 19.0 Å². The fraction of sp³-hybridized carbons (Fsp3) is 0.375. The molecule has 1 heterocycles. The number of aromatic nitrogens is 1. The molecule has 0 spiro atoms. The van der Waals surface area contributed by atoms with Gasteiger partial charge in [-0.3, -0.25) is 0 Å². The lowest BCUT2D eigenvalue weighted by molar-refractivity contribution is 0.618. The molecule has 0 aliphatic rings. The first kappa shape index (κ1) is 8.93. The first-order valence-corrected chi connectivity index (χ1v) is 3.67. The monoisotopic (exact) mass is 169 g/mol. The molecular formula is C8H12FN3. The number of pyridine rings is 1. The second-order valence-corrected chi connectivity index (χ2v) is 2.73. The van der Waals surface area contributed by atoms with Crippen molar-refractivity contribution in [3.05, 3.63) is 23.6 Å². The third-order valence-electron chi connectivity index (χ3n) is 1.55. The summed E-state index contributed by atoms with van der Waals surface area (Å²) >= 11 is 0. The van der Waals surface area contributed by atoms with Gasteiger partial charge in [0, 0.05) is 26.2 Å². The van der Waals surface area contributed by atoms with Crippen LogP contribution in [0.4, 0.5) is 10.2 Å². The molecule has 1 aromatic heterocycles. The highest BCUT2D eigenvalue weighted by molar-refractivity contribution is 5.45. The number of hydrogen-bond donors (Lipinski definition) is 1. The van der Waals surface area contributed by atoms with Crippen molar-refractivity contribution in [2.45, 2.75) is 6.54 Å². The number of nitrogens with two attached hydrogens (primary N) is 1. The summed E-state index contributed by atoms with van der Waals surface area (Å²) in [5, 5.41) is 0. The second-order valence-electron chi connectivity index (χ2n) is 2.73. The Morgan fingerprint density at radius 2 is 2.25 bits per heavy atom. The van der Waals surface area contributed by atoms with Gasteiger partial charge in [-0.05, 0) is 6.07 Å². The lowest BCUT2D eigenvalue weighted by Gasteiger charge is -2.14. The van der Waals surface area contributed by atoms with E-state index in [1.807, 2.05) is 19.0 Å². The summed E-state index contributed by atoms with van der Waals surface area (Å²) in [5.41, 5.74) is 6.15. The Balaban J connectivity index is 3.11. The minimum Gasteiger partial charge on any atom is -0.362 e. The average Bonchev–Trinajstić information content (AvgIpc) is 2.03. The van der Waals surface area contributed by atoms with Gasteiger partial charge in [0.15, 0.2) is 0 Å². The highest BCUT2D eigenvalue weighted by atomic mass is 19.1. The standard InChI is InChI=1S/C8H12FN3/c1-12(2)8-6(4-10)3-7(9)5-11-8/h3,5H,4,10H2,1-2H3. The Kier molecular flexibility index (Phi) is 2.60. The Morgan fingerprint density at radius 1 is 1.58 bits per heavy atom. The molecule has 3 nitrogen and oxygen atoms in total. The summed E-state index contributed by atoms with van der Waals surface area (Å²) in [5.74, 6) is 0.375. The normalized spacial score (nSPS) is 10.0. The number of hydrogen-bond acceptors (Lipinski definition) is 3. The van der Waals surface area contributed by atoms with Crippen LogP contribution < -0.4 is 10.6 Å². The highest BCUT2D eigenvalue weighted by Gasteiger charge is 2.05. The molecule has 66 valence electrons. The molecule has 12 heavy (non-hydrogen) atoms. The van der Waals surface area contributed by atoms with Crippen LogP contribution in [0.25, 0.3) is 0 Å². The van der Waals surface area contributed by atoms with E-state index in [-0.39, 0.29) is 5.82 Å². The molecule has 0 aliphatic heterocycles. The van der Waals surface area contributed by atoms with Crippen LogP contribution in [0.1, 0.15) is 5.56 Å². The maximum atomic E-state index is 12.7. The fourth-order valence-electron chi connectivity index (χ4n) is 1.03. The van der Waals surface area contributed by atoms with E-state index in [0.29, 0.717) is 6.54 Å². The predicted octanol–water partition coefficient (Wildman–Crippen LogP) is 0.745. The smallest absolute Gasteiger partial charge is 0.141 e. The minimum atomic E-state index is -0.346. The van der Waals surface area contributed by atoms with Gasteiger partial charge in [0.1, 0.15) is 11.6 Å². The molecule has 0 amide bonds. The van der Waals surface area contributed by atoms with Gasteiger partial charge in [-0.1, -0.05) is 0 Å². The molecule has 0 radical (unpaired) electrons. The van der Waals surface area contributed by atoms with Crippen LogP contribution in [0.5, 0.6) is 0 Å². The van der Waals surface area contributed by atoms with E-state index in [4.69, 9.17) is 5.73 Å². The lowest BCUT2D eigenvalue weighted by atomic mass is 10.2. The van der Waals surface area contributed by atoms with Crippen molar-refractivity contribution >= 4 is 5.82 Å². The molecule has 0 saturated carbocycles. The maximum Gasteiger partial charge on any atom is 0.141 e. The van der Waals surface area contributed by atoms with E-state index >= 15 is 0 Å². The molecule has 0 bridgehead atoms. The predicted molar refractivity (Wildman–Crippen MR) is 46.4 cm³/mol. The van der Waals surface area contributed by atoms with Crippen LogP contribution in [0.15, 0.2) is 12.3 Å². The molecule has 4 heteroatoms. The van der Waals surface area contributed by atoms with Gasteiger partial charge in [-0.15, -0.1) is 0 Å². The van der Waals surface area contributed by atoms with Crippen LogP contribution in [0.3, 0.4) is 0 Å². The molecule has 1 aromatic rings. The molecule has 0 saturated heterocycles. The zero-order valence-corrected chi connectivity index (χ0v) is 7.21. The third-order valence-corrected chi connectivity index (χ3v) is 1.55. The molecular weight excluding hydrogens is 157 g/mol. The lowest BCUT2D eigenvalue weighted by Crippen LogP contribution is -2.15. The van der Waals surface area contributed by atoms with Crippen molar-refractivity contribution in [1.82, 2.24) is 4.98 Å². The van der Waals surface area contributed by atoms with E-state index in [2.05, 4.69) is 4.98 Å². The van der Waals surface area contributed by atoms with Crippen molar-refractivity contribution in [3.8, 4) is 0 Å². The van der Waals surface area contributed by atoms with Gasteiger partial charge in [-0.2, -0.15) is 0 Å². The van der Waals surface area contributed by atoms with Gasteiger partial charge in [0.2, 0.25) is 0 Å². The molecule has 1 rings (SSSR count). The van der Waals surface area contributed by atoms with Gasteiger partial charge in [-0.25, -0.2) is 9.37 Å². The van der Waals surface area contributed by atoms with Crippen molar-refractivity contribution in [3.63, 3.8) is 0 Å². The van der Waals surface area contributed by atoms with Crippen LogP contribution >= 0.6 is 0 Å². The first-order valence-electron chi connectivity index (χ1n) is 3.67. The zero-order valence-electron chi connectivity index (χ0n) is 7.21. The molecule has 0 fully saturated rings. The molecule has 0 aromatic carbocycles. The maximum absolute atomic E-state index is 12.7. The van der Waals surface area contributed by atoms with Crippen LogP contribution in [-0.4, -0.2) is 19.1 Å². The summed E-state index contributed by atoms with van der Waals surface area (Å²) < 4.78 is 12.7. The summed E-state index contributed by atoms with van der Waals surface area (Å²) in [6, 6.07) is 1.41. The van der Waals surface area contributed by atoms with E-state index < -0.39 is 0 Å². The van der Waals surface area contributed by atoms with Crippen LogP contribution in [0.2, 0.25) is 0 Å². The third kappa shape index (κ3) is 1.71. The summed E-state index contributed by atoms with van der Waals surface area (Å²) in [4.78, 5) is 5.73. The molecule has 2 N–H and O–H groups in total. The largest absolute Gasteiger partial charge is 0.362 e. The molecule has 0 aliphatic carbocycles. The first-order chi connectivity index (χ1) is 5.65. The van der Waals surface area contributed by atoms with E-state index in [9.17, 15) is 4.39 Å². The van der Waals surface area contributed by atoms with Crippen molar-refractivity contribution < 1.29 is 4.39 Å². The van der Waals surface area contributed by atoms with E-state index in [1.54, 1.807) is 0 Å². The number of anilines is 1. The Hall–Kier alpha value is -1.16. The number of nitrogens with zero attached hydrogens (tertiary/aromatic N) is 2. The highest BCUT2D eigenvalue weighted by Crippen LogP contribution is 2.14. The molecule has 0 atom stereocenters. The average molecular weight is 169 g/mol. The summed E-state index contributed by atoms with van der Waals surface area (Å²) in [6.45, 7) is 0.304. The Labute approximate surface area is 71.0 Å². The van der Waals surface area contributed by atoms with E-state index in [0.717, 1.165) is 11.4 Å². The Morgan fingerprint density at radius 3 is 2.75 bits per heavy atom. The topological polar surface area (TPSA) is 42.2 Å². The van der Waals surface area contributed by atoms with Crippen LogP contribution in [0, 0.1) is 5.82 Å². The van der Waals surface area contributed by atoms with Crippen LogP contribution in [-0.2, 0) is 6.54 Å². The quantitative estimate of drug-likeness (QED) is 0.710. The summed E-state index contributed by atoms with van der Waals surface area (Å²) in [7, 11) is 3.69. The van der Waals surface area contributed by atoms with Gasteiger partial charge >= 0.3 is 0 Å². The fourth-order valence-corrected chi connectivity index (χ4v) is 1.03. The minimum absolute atomic E-state index is 0.304.